The fourth-order valence-electron chi connectivity index (χ4n) is 1.48. The number of nitrogen functional groups attached to an aromatic ring is 1. The number of H-pyrrole nitrogens is 1. The van der Waals surface area contributed by atoms with E-state index >= 15 is 0 Å². The summed E-state index contributed by atoms with van der Waals surface area (Å²) in [6.45, 7) is 2.07. The lowest BCUT2D eigenvalue weighted by molar-refractivity contribution is 0.972. The number of nitrogens with two attached hydrogens (primary N) is 1. The van der Waals surface area contributed by atoms with Gasteiger partial charge in [0.25, 0.3) is 0 Å². The van der Waals surface area contributed by atoms with Crippen molar-refractivity contribution in [2.24, 2.45) is 5.73 Å². The first-order valence-electron chi connectivity index (χ1n) is 5.35. The zero-order valence-corrected chi connectivity index (χ0v) is 11.4. The smallest absolute Gasteiger partial charge is 0.188 e. The summed E-state index contributed by atoms with van der Waals surface area (Å²) >= 11 is 3.10. The molecule has 1 aromatic carbocycles. The Labute approximate surface area is 113 Å². The third-order valence-electron chi connectivity index (χ3n) is 2.16. The van der Waals surface area contributed by atoms with Crippen LogP contribution in [0.25, 0.3) is 0 Å². The van der Waals surface area contributed by atoms with Crippen LogP contribution >= 0.6 is 23.5 Å². The van der Waals surface area contributed by atoms with E-state index in [2.05, 4.69) is 22.1 Å². The van der Waals surface area contributed by atoms with Gasteiger partial charge in [-0.25, -0.2) is 4.98 Å². The van der Waals surface area contributed by atoms with Crippen LogP contribution in [0, 0.1) is 5.41 Å². The van der Waals surface area contributed by atoms with Gasteiger partial charge in [0.1, 0.15) is 12.2 Å². The van der Waals surface area contributed by atoms with Gasteiger partial charge in [0.05, 0.1) is 0 Å². The van der Waals surface area contributed by atoms with E-state index in [0.29, 0.717) is 5.16 Å². The van der Waals surface area contributed by atoms with Crippen molar-refractivity contribution in [2.75, 3.05) is 5.75 Å². The second-order valence-electron chi connectivity index (χ2n) is 3.37. The maximum absolute atomic E-state index is 7.73. The number of nitrogens with zero attached hydrogens (tertiary/aromatic N) is 2. The van der Waals surface area contributed by atoms with E-state index in [-0.39, 0.29) is 5.84 Å². The summed E-state index contributed by atoms with van der Waals surface area (Å²) in [6.07, 6.45) is 1.46. The van der Waals surface area contributed by atoms with Gasteiger partial charge in [-0.3, -0.25) is 10.5 Å². The van der Waals surface area contributed by atoms with Gasteiger partial charge in [0, 0.05) is 15.4 Å². The van der Waals surface area contributed by atoms with Crippen LogP contribution in [0.3, 0.4) is 0 Å². The fraction of sp³-hybridized carbons (Fsp3) is 0.182. The van der Waals surface area contributed by atoms with Gasteiger partial charge in [-0.05, 0) is 29.6 Å². The normalized spacial score (nSPS) is 10.5. The molecule has 0 saturated carbocycles. The minimum atomic E-state index is 0.0774. The molecule has 4 N–H and O–H groups in total. The highest BCUT2D eigenvalue weighted by molar-refractivity contribution is 8.00. The fourth-order valence-corrected chi connectivity index (χ4v) is 3.27. The molecule has 0 atom stereocenters. The molecule has 0 saturated heterocycles. The molecule has 94 valence electrons. The molecule has 5 nitrogen and oxygen atoms in total. The molecule has 1 heterocycles. The topological polar surface area (TPSA) is 91.4 Å². The second-order valence-corrected chi connectivity index (χ2v) is 5.71. The van der Waals surface area contributed by atoms with Gasteiger partial charge in [-0.15, -0.1) is 11.8 Å². The lowest BCUT2D eigenvalue weighted by atomic mass is 10.2. The Hall–Kier alpha value is -1.47. The first kappa shape index (κ1) is 13.0. The van der Waals surface area contributed by atoms with Crippen molar-refractivity contribution in [1.82, 2.24) is 15.2 Å². The third-order valence-corrected chi connectivity index (χ3v) is 4.05. The molecule has 0 amide bonds. The minimum absolute atomic E-state index is 0.0774. The summed E-state index contributed by atoms with van der Waals surface area (Å²) in [5.74, 6) is 1.02. The summed E-state index contributed by atoms with van der Waals surface area (Å²) in [7, 11) is 0. The Bertz CT molecular complexity index is 538. The predicted octanol–water partition coefficient (Wildman–Crippen LogP) is 2.35. The molecule has 0 unspecified atom stereocenters. The number of benzene rings is 1. The number of aromatic amines is 1. The van der Waals surface area contributed by atoms with Crippen molar-refractivity contribution >= 4 is 29.4 Å². The monoisotopic (exact) mass is 279 g/mol. The number of hydrogen-bond donors (Lipinski definition) is 3. The lowest BCUT2D eigenvalue weighted by Gasteiger charge is -2.11. The molecule has 1 aromatic heterocycles. The summed E-state index contributed by atoms with van der Waals surface area (Å²) in [6, 6.07) is 5.88. The van der Waals surface area contributed by atoms with E-state index < -0.39 is 0 Å². The van der Waals surface area contributed by atoms with Gasteiger partial charge < -0.3 is 5.73 Å². The highest BCUT2D eigenvalue weighted by atomic mass is 32.2. The summed E-state index contributed by atoms with van der Waals surface area (Å²) in [5.41, 5.74) is 6.45. The van der Waals surface area contributed by atoms with Crippen LogP contribution in [-0.2, 0) is 0 Å². The number of aromatic nitrogens is 3. The summed E-state index contributed by atoms with van der Waals surface area (Å²) in [5, 5.41) is 15.0. The molecule has 0 spiro atoms. The molecule has 0 aliphatic carbocycles. The highest BCUT2D eigenvalue weighted by Crippen LogP contribution is 2.33. The molecule has 0 bridgehead atoms. The maximum Gasteiger partial charge on any atom is 0.188 e. The molecule has 0 aliphatic rings. The maximum atomic E-state index is 7.73. The first-order chi connectivity index (χ1) is 8.72. The number of hydrogen-bond acceptors (Lipinski definition) is 5. The average Bonchev–Trinajstić information content (AvgIpc) is 2.82. The van der Waals surface area contributed by atoms with Crippen molar-refractivity contribution < 1.29 is 0 Å². The second kappa shape index (κ2) is 5.92. The lowest BCUT2D eigenvalue weighted by Crippen LogP contribution is -2.13. The quantitative estimate of drug-likeness (QED) is 0.444. The molecule has 0 radical (unpaired) electrons. The Morgan fingerprint density at radius 1 is 1.44 bits per heavy atom. The molecular weight excluding hydrogens is 266 g/mol. The van der Waals surface area contributed by atoms with Gasteiger partial charge in [-0.1, -0.05) is 13.0 Å². The third kappa shape index (κ3) is 2.85. The molecule has 18 heavy (non-hydrogen) atoms. The van der Waals surface area contributed by atoms with Gasteiger partial charge in [0.15, 0.2) is 5.16 Å². The van der Waals surface area contributed by atoms with Crippen LogP contribution in [0.1, 0.15) is 12.5 Å². The van der Waals surface area contributed by atoms with Crippen molar-refractivity contribution in [1.29, 1.82) is 5.41 Å². The zero-order chi connectivity index (χ0) is 13.0. The van der Waals surface area contributed by atoms with Crippen LogP contribution < -0.4 is 5.73 Å². The highest BCUT2D eigenvalue weighted by Gasteiger charge is 2.13. The number of nitrogens with one attached hydrogen (secondary N) is 2. The molecule has 7 heteroatoms. The van der Waals surface area contributed by atoms with Crippen LogP contribution in [0.4, 0.5) is 0 Å². The van der Waals surface area contributed by atoms with Crippen molar-refractivity contribution in [2.45, 2.75) is 21.9 Å². The standard InChI is InChI=1S/C11H13N5S2/c1-2-17-7-4-3-5-8(9(7)10(12)13)18-11-14-6-15-16-11/h3-6H,2H2,1H3,(H3,12,13)(H,14,15,16). The first-order valence-corrected chi connectivity index (χ1v) is 7.16. The van der Waals surface area contributed by atoms with E-state index in [1.807, 2.05) is 18.2 Å². The molecule has 2 rings (SSSR count). The Balaban J connectivity index is 2.39. The average molecular weight is 279 g/mol. The van der Waals surface area contributed by atoms with Gasteiger partial charge >= 0.3 is 0 Å². The van der Waals surface area contributed by atoms with E-state index in [1.165, 1.54) is 18.1 Å². The van der Waals surface area contributed by atoms with Crippen molar-refractivity contribution in [3.05, 3.63) is 30.1 Å². The largest absolute Gasteiger partial charge is 0.384 e. The Morgan fingerprint density at radius 3 is 2.83 bits per heavy atom. The van der Waals surface area contributed by atoms with Crippen LogP contribution in [0.5, 0.6) is 0 Å². The molecular formula is C11H13N5S2. The SMILES string of the molecule is CCSc1cccc(Sc2ncn[nH]2)c1C(=N)N. The number of amidine groups is 1. The van der Waals surface area contributed by atoms with Crippen molar-refractivity contribution in [3.8, 4) is 0 Å². The van der Waals surface area contributed by atoms with E-state index in [4.69, 9.17) is 11.1 Å². The predicted molar refractivity (Wildman–Crippen MR) is 74.4 cm³/mol. The van der Waals surface area contributed by atoms with Crippen molar-refractivity contribution in [3.63, 3.8) is 0 Å². The summed E-state index contributed by atoms with van der Waals surface area (Å²) in [4.78, 5) is 6.00. The van der Waals surface area contributed by atoms with Crippen LogP contribution in [0.2, 0.25) is 0 Å². The zero-order valence-electron chi connectivity index (χ0n) is 9.80. The molecule has 0 aliphatic heterocycles. The summed E-state index contributed by atoms with van der Waals surface area (Å²) < 4.78 is 0. The van der Waals surface area contributed by atoms with E-state index in [0.717, 1.165) is 21.1 Å². The van der Waals surface area contributed by atoms with E-state index in [9.17, 15) is 0 Å². The molecule has 0 fully saturated rings. The number of rotatable bonds is 5. The Morgan fingerprint density at radius 2 is 2.22 bits per heavy atom. The van der Waals surface area contributed by atoms with Gasteiger partial charge in [0.2, 0.25) is 0 Å². The van der Waals surface area contributed by atoms with Crippen LogP contribution in [-0.4, -0.2) is 26.8 Å². The minimum Gasteiger partial charge on any atom is -0.384 e. The van der Waals surface area contributed by atoms with Gasteiger partial charge in [-0.2, -0.15) is 5.10 Å². The van der Waals surface area contributed by atoms with E-state index in [1.54, 1.807) is 11.8 Å². The Kier molecular flexibility index (Phi) is 4.27. The number of thioether (sulfide) groups is 1. The van der Waals surface area contributed by atoms with Crippen LogP contribution in [0.15, 0.2) is 39.5 Å². The molecule has 2 aromatic rings.